The van der Waals surface area contributed by atoms with Crippen LogP contribution in [-0.4, -0.2) is 39.9 Å². The first kappa shape index (κ1) is 20.3. The zero-order valence-electron chi connectivity index (χ0n) is 16.0. The fourth-order valence-electron chi connectivity index (χ4n) is 2.13. The van der Waals surface area contributed by atoms with E-state index in [2.05, 4.69) is 61.5 Å². The van der Waals surface area contributed by atoms with E-state index in [4.69, 9.17) is 9.47 Å². The minimum Gasteiger partial charge on any atom is -0.491 e. The van der Waals surface area contributed by atoms with E-state index in [1.165, 1.54) is 5.56 Å². The van der Waals surface area contributed by atoms with Crippen molar-refractivity contribution in [3.05, 3.63) is 29.3 Å². The SMILES string of the molecule is CN=C(NCCC(C)(C)C)NCc1ccc(C)cc1OCCOC. The van der Waals surface area contributed by atoms with E-state index in [9.17, 15) is 0 Å². The first-order valence-electron chi connectivity index (χ1n) is 8.51. The summed E-state index contributed by atoms with van der Waals surface area (Å²) in [5, 5.41) is 6.71. The van der Waals surface area contributed by atoms with Crippen LogP contribution in [0.1, 0.15) is 38.3 Å². The van der Waals surface area contributed by atoms with Crippen LogP contribution in [0.5, 0.6) is 5.75 Å². The highest BCUT2D eigenvalue weighted by Gasteiger charge is 2.10. The van der Waals surface area contributed by atoms with E-state index in [0.29, 0.717) is 25.2 Å². The Morgan fingerprint density at radius 1 is 1.17 bits per heavy atom. The topological polar surface area (TPSA) is 54.9 Å². The van der Waals surface area contributed by atoms with Crippen LogP contribution in [0.25, 0.3) is 0 Å². The first-order valence-corrected chi connectivity index (χ1v) is 8.51. The standard InChI is InChI=1S/C19H33N3O2/c1-15-7-8-16(17(13-15)24-12-11-23-6)14-22-18(20-5)21-10-9-19(2,3)4/h7-8,13H,9-12,14H2,1-6H3,(H2,20,21,22). The molecule has 0 radical (unpaired) electrons. The molecule has 0 amide bonds. The third-order valence-corrected chi connectivity index (χ3v) is 3.61. The van der Waals surface area contributed by atoms with E-state index < -0.39 is 0 Å². The zero-order valence-corrected chi connectivity index (χ0v) is 16.0. The fraction of sp³-hybridized carbons (Fsp3) is 0.632. The minimum atomic E-state index is 0.311. The summed E-state index contributed by atoms with van der Waals surface area (Å²) < 4.78 is 10.9. The quantitative estimate of drug-likeness (QED) is 0.435. The molecule has 0 heterocycles. The number of guanidine groups is 1. The highest BCUT2D eigenvalue weighted by molar-refractivity contribution is 5.79. The monoisotopic (exact) mass is 335 g/mol. The third-order valence-electron chi connectivity index (χ3n) is 3.61. The molecule has 0 aliphatic heterocycles. The maximum Gasteiger partial charge on any atom is 0.191 e. The maximum atomic E-state index is 5.82. The Morgan fingerprint density at radius 3 is 2.54 bits per heavy atom. The molecule has 0 saturated carbocycles. The van der Waals surface area contributed by atoms with Crippen molar-refractivity contribution in [1.29, 1.82) is 0 Å². The van der Waals surface area contributed by atoms with Crippen LogP contribution in [0.2, 0.25) is 0 Å². The number of methoxy groups -OCH3 is 1. The van der Waals surface area contributed by atoms with Crippen LogP contribution in [0.3, 0.4) is 0 Å². The third kappa shape index (κ3) is 8.20. The van der Waals surface area contributed by atoms with Crippen LogP contribution in [0, 0.1) is 12.3 Å². The summed E-state index contributed by atoms with van der Waals surface area (Å²) in [5.41, 5.74) is 2.60. The Labute approximate surface area is 146 Å². The molecule has 0 bridgehead atoms. The number of aryl methyl sites for hydroxylation is 1. The van der Waals surface area contributed by atoms with Gasteiger partial charge in [0.25, 0.3) is 0 Å². The fourth-order valence-corrected chi connectivity index (χ4v) is 2.13. The van der Waals surface area contributed by atoms with E-state index in [0.717, 1.165) is 30.2 Å². The van der Waals surface area contributed by atoms with Crippen molar-refractivity contribution in [2.24, 2.45) is 10.4 Å². The number of rotatable bonds is 8. The number of hydrogen-bond acceptors (Lipinski definition) is 3. The van der Waals surface area contributed by atoms with Crippen molar-refractivity contribution in [3.8, 4) is 5.75 Å². The van der Waals surface area contributed by atoms with Crippen molar-refractivity contribution < 1.29 is 9.47 Å². The Morgan fingerprint density at radius 2 is 1.92 bits per heavy atom. The number of benzene rings is 1. The van der Waals surface area contributed by atoms with Gasteiger partial charge in [-0.3, -0.25) is 4.99 Å². The van der Waals surface area contributed by atoms with E-state index in [-0.39, 0.29) is 0 Å². The van der Waals surface area contributed by atoms with Crippen LogP contribution in [0.15, 0.2) is 23.2 Å². The van der Waals surface area contributed by atoms with E-state index in [1.54, 1.807) is 14.2 Å². The lowest BCUT2D eigenvalue weighted by Crippen LogP contribution is -2.38. The molecule has 136 valence electrons. The smallest absolute Gasteiger partial charge is 0.191 e. The minimum absolute atomic E-state index is 0.311. The van der Waals surface area contributed by atoms with Gasteiger partial charge < -0.3 is 20.1 Å². The Hall–Kier alpha value is -1.75. The molecule has 1 rings (SSSR count). The molecule has 5 heteroatoms. The summed E-state index contributed by atoms with van der Waals surface area (Å²) in [6.45, 7) is 11.5. The van der Waals surface area contributed by atoms with Crippen molar-refractivity contribution >= 4 is 5.96 Å². The number of ether oxygens (including phenoxy) is 2. The van der Waals surface area contributed by atoms with Gasteiger partial charge >= 0.3 is 0 Å². The summed E-state index contributed by atoms with van der Waals surface area (Å²) in [6, 6.07) is 6.24. The average Bonchev–Trinajstić information content (AvgIpc) is 2.51. The zero-order chi connectivity index (χ0) is 18.0. The molecular formula is C19H33N3O2. The van der Waals surface area contributed by atoms with Gasteiger partial charge in [-0.2, -0.15) is 0 Å². The maximum absolute atomic E-state index is 5.82. The van der Waals surface area contributed by atoms with Crippen molar-refractivity contribution in [2.75, 3.05) is 33.9 Å². The predicted molar refractivity (Wildman–Crippen MR) is 101 cm³/mol. The molecule has 0 fully saturated rings. The second-order valence-corrected chi connectivity index (χ2v) is 7.12. The molecule has 1 aromatic carbocycles. The first-order chi connectivity index (χ1) is 11.4. The van der Waals surface area contributed by atoms with Crippen LogP contribution in [-0.2, 0) is 11.3 Å². The normalized spacial score (nSPS) is 12.2. The molecule has 5 nitrogen and oxygen atoms in total. The van der Waals surface area contributed by atoms with Gasteiger partial charge in [0.05, 0.1) is 6.61 Å². The predicted octanol–water partition coefficient (Wildman–Crippen LogP) is 3.12. The van der Waals surface area contributed by atoms with Crippen molar-refractivity contribution in [3.63, 3.8) is 0 Å². The Kier molecular flexibility index (Phi) is 8.61. The van der Waals surface area contributed by atoms with Gasteiger partial charge in [0, 0.05) is 32.8 Å². The van der Waals surface area contributed by atoms with E-state index >= 15 is 0 Å². The largest absolute Gasteiger partial charge is 0.491 e. The van der Waals surface area contributed by atoms with Crippen LogP contribution < -0.4 is 15.4 Å². The lowest BCUT2D eigenvalue weighted by atomic mass is 9.92. The molecule has 0 saturated heterocycles. The lowest BCUT2D eigenvalue weighted by Gasteiger charge is -2.20. The van der Waals surface area contributed by atoms with Gasteiger partial charge in [-0.1, -0.05) is 32.9 Å². The molecular weight excluding hydrogens is 302 g/mol. The van der Waals surface area contributed by atoms with Gasteiger partial charge in [0.15, 0.2) is 5.96 Å². The summed E-state index contributed by atoms with van der Waals surface area (Å²) in [5.74, 6) is 1.70. The molecule has 0 aromatic heterocycles. The number of hydrogen-bond donors (Lipinski definition) is 2. The summed E-state index contributed by atoms with van der Waals surface area (Å²) in [4.78, 5) is 4.28. The average molecular weight is 335 g/mol. The van der Waals surface area contributed by atoms with Gasteiger partial charge in [-0.15, -0.1) is 0 Å². The molecule has 0 spiro atoms. The van der Waals surface area contributed by atoms with Crippen molar-refractivity contribution in [1.82, 2.24) is 10.6 Å². The molecule has 0 unspecified atom stereocenters. The molecule has 0 aliphatic rings. The van der Waals surface area contributed by atoms with Gasteiger partial charge in [0.2, 0.25) is 0 Å². The summed E-state index contributed by atoms with van der Waals surface area (Å²) in [6.07, 6.45) is 1.09. The second-order valence-electron chi connectivity index (χ2n) is 7.12. The van der Waals surface area contributed by atoms with Gasteiger partial charge in [-0.25, -0.2) is 0 Å². The molecule has 0 aliphatic carbocycles. The summed E-state index contributed by atoms with van der Waals surface area (Å²) in [7, 11) is 3.47. The highest BCUT2D eigenvalue weighted by atomic mass is 16.5. The van der Waals surface area contributed by atoms with E-state index in [1.807, 2.05) is 0 Å². The van der Waals surface area contributed by atoms with Gasteiger partial charge in [0.1, 0.15) is 12.4 Å². The Balaban J connectivity index is 2.58. The summed E-state index contributed by atoms with van der Waals surface area (Å²) >= 11 is 0. The number of nitrogens with one attached hydrogen (secondary N) is 2. The lowest BCUT2D eigenvalue weighted by molar-refractivity contribution is 0.145. The second kappa shape index (κ2) is 10.2. The van der Waals surface area contributed by atoms with Crippen LogP contribution >= 0.6 is 0 Å². The molecule has 2 N–H and O–H groups in total. The van der Waals surface area contributed by atoms with Gasteiger partial charge in [-0.05, 0) is 30.4 Å². The molecule has 0 atom stereocenters. The molecule has 1 aromatic rings. The molecule has 24 heavy (non-hydrogen) atoms. The number of nitrogens with zero attached hydrogens (tertiary/aromatic N) is 1. The van der Waals surface area contributed by atoms with Crippen LogP contribution in [0.4, 0.5) is 0 Å². The van der Waals surface area contributed by atoms with Crippen molar-refractivity contribution in [2.45, 2.75) is 40.7 Å². The number of aliphatic imine (C=N–C) groups is 1. The highest BCUT2D eigenvalue weighted by Crippen LogP contribution is 2.20. The Bertz CT molecular complexity index is 522.